The third-order valence-electron chi connectivity index (χ3n) is 2.75. The summed E-state index contributed by atoms with van der Waals surface area (Å²) in [6.07, 6.45) is 0.515. The summed E-state index contributed by atoms with van der Waals surface area (Å²) in [7, 11) is 1.37. The molecule has 0 unspecified atom stereocenters. The first-order valence-corrected chi connectivity index (χ1v) is 6.52. The molecule has 0 fully saturated rings. The van der Waals surface area contributed by atoms with Crippen molar-refractivity contribution in [2.75, 3.05) is 13.6 Å². The number of aliphatic carboxylic acids is 1. The topological polar surface area (TPSA) is 113 Å². The highest BCUT2D eigenvalue weighted by atomic mass is 16.4. The lowest BCUT2D eigenvalue weighted by molar-refractivity contribution is -0.146. The first-order valence-electron chi connectivity index (χ1n) is 6.52. The highest BCUT2D eigenvalue weighted by Gasteiger charge is 2.34. The number of hydrogen-bond acceptors (Lipinski definition) is 4. The van der Waals surface area contributed by atoms with Crippen LogP contribution in [0.5, 0.6) is 0 Å². The fourth-order valence-electron chi connectivity index (χ4n) is 1.82. The molecule has 0 bridgehead atoms. The minimum absolute atomic E-state index is 0.268. The molecule has 0 saturated carbocycles. The number of nitrogens with zero attached hydrogens (tertiary/aromatic N) is 1. The van der Waals surface area contributed by atoms with Crippen molar-refractivity contribution in [1.82, 2.24) is 10.2 Å². The number of carboxylic acid groups (broad SMARTS) is 1. The average molecular weight is 287 g/mol. The van der Waals surface area contributed by atoms with Gasteiger partial charge < -0.3 is 21.1 Å². The van der Waals surface area contributed by atoms with E-state index in [1.165, 1.54) is 20.9 Å². The fourth-order valence-corrected chi connectivity index (χ4v) is 1.82. The van der Waals surface area contributed by atoms with Crippen molar-refractivity contribution in [3.05, 3.63) is 0 Å². The Balaban J connectivity index is 4.68. The van der Waals surface area contributed by atoms with Crippen LogP contribution in [0.25, 0.3) is 0 Å². The van der Waals surface area contributed by atoms with Crippen LogP contribution < -0.4 is 11.1 Å². The van der Waals surface area contributed by atoms with Crippen LogP contribution >= 0.6 is 0 Å². The van der Waals surface area contributed by atoms with Crippen molar-refractivity contribution in [1.29, 1.82) is 0 Å². The minimum Gasteiger partial charge on any atom is -0.480 e. The van der Waals surface area contributed by atoms with Gasteiger partial charge in [0.2, 0.25) is 11.8 Å². The molecule has 20 heavy (non-hydrogen) atoms. The molecule has 0 aliphatic carbocycles. The van der Waals surface area contributed by atoms with Gasteiger partial charge >= 0.3 is 5.97 Å². The number of carbonyl (C=O) groups is 3. The second-order valence-corrected chi connectivity index (χ2v) is 5.91. The van der Waals surface area contributed by atoms with Crippen molar-refractivity contribution in [2.45, 2.75) is 45.7 Å². The van der Waals surface area contributed by atoms with Crippen LogP contribution in [0.2, 0.25) is 0 Å². The van der Waals surface area contributed by atoms with Gasteiger partial charge in [-0.1, -0.05) is 13.8 Å². The number of likely N-dealkylation sites (N-methyl/N-ethyl adjacent to an activating group) is 1. The van der Waals surface area contributed by atoms with E-state index < -0.39 is 35.9 Å². The zero-order chi connectivity index (χ0) is 16.1. The highest BCUT2D eigenvalue weighted by Crippen LogP contribution is 2.09. The highest BCUT2D eigenvalue weighted by molar-refractivity contribution is 5.93. The number of carboxylic acids is 1. The molecular formula is C13H25N3O4. The zero-order valence-corrected chi connectivity index (χ0v) is 12.8. The number of hydrogen-bond donors (Lipinski definition) is 3. The molecule has 4 N–H and O–H groups in total. The van der Waals surface area contributed by atoms with E-state index in [-0.39, 0.29) is 5.92 Å². The van der Waals surface area contributed by atoms with E-state index in [9.17, 15) is 14.4 Å². The molecule has 7 heteroatoms. The number of carbonyl (C=O) groups excluding carboxylic acids is 2. The third kappa shape index (κ3) is 6.01. The Kier molecular flexibility index (Phi) is 6.64. The lowest BCUT2D eigenvalue weighted by Gasteiger charge is -2.30. The van der Waals surface area contributed by atoms with Crippen LogP contribution in [0, 0.1) is 5.92 Å². The van der Waals surface area contributed by atoms with Gasteiger partial charge in [-0.25, -0.2) is 0 Å². The van der Waals surface area contributed by atoms with E-state index in [0.29, 0.717) is 6.42 Å². The first kappa shape index (κ1) is 18.4. The smallest absolute Gasteiger partial charge is 0.323 e. The average Bonchev–Trinajstić information content (AvgIpc) is 2.25. The summed E-state index contributed by atoms with van der Waals surface area (Å²) in [5.41, 5.74) is 4.55. The molecule has 0 aromatic heterocycles. The molecule has 0 aromatic rings. The maximum Gasteiger partial charge on any atom is 0.323 e. The van der Waals surface area contributed by atoms with Crippen LogP contribution in [-0.2, 0) is 14.4 Å². The largest absolute Gasteiger partial charge is 0.480 e. The Morgan fingerprint density at radius 2 is 1.80 bits per heavy atom. The van der Waals surface area contributed by atoms with Gasteiger partial charge in [0.1, 0.15) is 12.1 Å². The molecule has 2 amide bonds. The quantitative estimate of drug-likeness (QED) is 0.600. The van der Waals surface area contributed by atoms with E-state index in [1.807, 2.05) is 13.8 Å². The predicted molar refractivity (Wildman–Crippen MR) is 74.9 cm³/mol. The molecular weight excluding hydrogens is 262 g/mol. The predicted octanol–water partition coefficient (Wildman–Crippen LogP) is -0.202. The molecule has 0 spiro atoms. The van der Waals surface area contributed by atoms with Crippen molar-refractivity contribution in [2.24, 2.45) is 11.7 Å². The van der Waals surface area contributed by atoms with Gasteiger partial charge in [-0.05, 0) is 26.2 Å². The Morgan fingerprint density at radius 1 is 1.30 bits per heavy atom. The van der Waals surface area contributed by atoms with Crippen LogP contribution in [0.4, 0.5) is 0 Å². The molecule has 0 aromatic carbocycles. The summed E-state index contributed by atoms with van der Waals surface area (Å²) in [6.45, 7) is 6.52. The molecule has 0 radical (unpaired) electrons. The van der Waals surface area contributed by atoms with E-state index in [1.54, 1.807) is 0 Å². The lowest BCUT2D eigenvalue weighted by Crippen LogP contribution is -2.58. The fraction of sp³-hybridized carbons (Fsp3) is 0.769. The molecule has 7 nitrogen and oxygen atoms in total. The number of amides is 2. The Labute approximate surface area is 119 Å². The minimum atomic E-state index is -1.20. The second kappa shape index (κ2) is 7.23. The number of rotatable bonds is 7. The maximum absolute atomic E-state index is 12.1. The summed E-state index contributed by atoms with van der Waals surface area (Å²) in [4.78, 5) is 35.7. The Morgan fingerprint density at radius 3 is 2.20 bits per heavy atom. The van der Waals surface area contributed by atoms with Gasteiger partial charge in [0, 0.05) is 7.05 Å². The summed E-state index contributed by atoms with van der Waals surface area (Å²) >= 11 is 0. The molecule has 0 rings (SSSR count). The molecule has 0 aliphatic heterocycles. The van der Waals surface area contributed by atoms with Crippen LogP contribution in [-0.4, -0.2) is 53.0 Å². The van der Waals surface area contributed by atoms with Crippen molar-refractivity contribution in [3.63, 3.8) is 0 Å². The van der Waals surface area contributed by atoms with Crippen molar-refractivity contribution in [3.8, 4) is 0 Å². The third-order valence-corrected chi connectivity index (χ3v) is 2.75. The molecule has 0 heterocycles. The number of nitrogens with one attached hydrogen (secondary N) is 1. The van der Waals surface area contributed by atoms with E-state index >= 15 is 0 Å². The summed E-state index contributed by atoms with van der Waals surface area (Å²) in [5.74, 6) is -1.74. The number of nitrogens with two attached hydrogens (primary N) is 1. The Bertz CT molecular complexity index is 380. The summed E-state index contributed by atoms with van der Waals surface area (Å²) in [6, 6.07) is -0.688. The van der Waals surface area contributed by atoms with Crippen molar-refractivity contribution < 1.29 is 19.5 Å². The van der Waals surface area contributed by atoms with Crippen LogP contribution in [0.1, 0.15) is 34.1 Å². The maximum atomic E-state index is 12.1. The van der Waals surface area contributed by atoms with Gasteiger partial charge in [0.05, 0.1) is 6.04 Å². The lowest BCUT2D eigenvalue weighted by atomic mass is 10.00. The summed E-state index contributed by atoms with van der Waals surface area (Å²) in [5, 5.41) is 11.2. The van der Waals surface area contributed by atoms with Crippen LogP contribution in [0.3, 0.4) is 0 Å². The van der Waals surface area contributed by atoms with E-state index in [0.717, 1.165) is 4.90 Å². The standard InChI is InChI=1S/C13H25N3O4/c1-8(2)6-9(14)11(19)15-13(3,4)12(20)16(5)7-10(17)18/h8-9H,6-7,14H2,1-5H3,(H,15,19)(H,17,18)/t9-/m0/s1. The zero-order valence-electron chi connectivity index (χ0n) is 12.8. The molecule has 0 saturated heterocycles. The van der Waals surface area contributed by atoms with Gasteiger partial charge in [-0.2, -0.15) is 0 Å². The molecule has 1 atom stereocenters. The monoisotopic (exact) mass is 287 g/mol. The van der Waals surface area contributed by atoms with E-state index in [2.05, 4.69) is 5.32 Å². The summed E-state index contributed by atoms with van der Waals surface area (Å²) < 4.78 is 0. The first-order chi connectivity index (χ1) is 8.97. The normalized spacial score (nSPS) is 12.9. The second-order valence-electron chi connectivity index (χ2n) is 5.91. The van der Waals surface area contributed by atoms with Gasteiger partial charge in [-0.15, -0.1) is 0 Å². The molecule has 0 aliphatic rings. The SMILES string of the molecule is CC(C)C[C@H](N)C(=O)NC(C)(C)C(=O)N(C)CC(=O)O. The van der Waals surface area contributed by atoms with Crippen LogP contribution in [0.15, 0.2) is 0 Å². The van der Waals surface area contributed by atoms with Gasteiger partial charge in [-0.3, -0.25) is 14.4 Å². The Hall–Kier alpha value is -1.63. The van der Waals surface area contributed by atoms with Gasteiger partial charge in [0.25, 0.3) is 0 Å². The molecule has 116 valence electrons. The van der Waals surface area contributed by atoms with Crippen molar-refractivity contribution >= 4 is 17.8 Å². The van der Waals surface area contributed by atoms with E-state index in [4.69, 9.17) is 10.8 Å². The van der Waals surface area contributed by atoms with Gasteiger partial charge in [0.15, 0.2) is 0 Å².